The maximum Gasteiger partial charge on any atom is 0.124 e. The lowest BCUT2D eigenvalue weighted by Crippen LogP contribution is -2.33. The first kappa shape index (κ1) is 16.7. The van der Waals surface area contributed by atoms with Crippen molar-refractivity contribution < 1.29 is 9.50 Å². The second-order valence-corrected chi connectivity index (χ2v) is 5.73. The number of aliphatic hydroxyl groups excluding tert-OH is 1. The summed E-state index contributed by atoms with van der Waals surface area (Å²) in [4.78, 5) is 2.32. The van der Waals surface area contributed by atoms with Gasteiger partial charge in [0.1, 0.15) is 12.4 Å². The molecule has 1 rings (SSSR count). The Morgan fingerprint density at radius 2 is 1.90 bits per heavy atom. The minimum Gasteiger partial charge on any atom is -0.384 e. The number of hydrogen-bond donors (Lipinski definition) is 1. The Bertz CT molecular complexity index is 485. The lowest BCUT2D eigenvalue weighted by atomic mass is 10.1. The Hall–Kier alpha value is -1.37. The Morgan fingerprint density at radius 3 is 2.45 bits per heavy atom. The molecule has 0 saturated carbocycles. The summed E-state index contributed by atoms with van der Waals surface area (Å²) in [7, 11) is 0. The standard InChI is InChI=1S/C17H24FNO/c1-13(2)11-19(14(3)4)12-16-8-15(6-5-7-20)9-17(18)10-16/h8-10,13-14,20H,7,11-12H2,1-4H3. The van der Waals surface area contributed by atoms with Gasteiger partial charge in [0.15, 0.2) is 0 Å². The smallest absolute Gasteiger partial charge is 0.124 e. The van der Waals surface area contributed by atoms with E-state index in [1.165, 1.54) is 6.07 Å². The van der Waals surface area contributed by atoms with Crippen molar-refractivity contribution >= 4 is 0 Å². The average Bonchev–Trinajstić information content (AvgIpc) is 2.34. The van der Waals surface area contributed by atoms with Crippen LogP contribution in [0.25, 0.3) is 0 Å². The molecule has 0 aliphatic heterocycles. The summed E-state index contributed by atoms with van der Waals surface area (Å²) in [6.07, 6.45) is 0. The maximum atomic E-state index is 13.6. The van der Waals surface area contributed by atoms with Crippen LogP contribution < -0.4 is 0 Å². The van der Waals surface area contributed by atoms with E-state index in [1.54, 1.807) is 6.07 Å². The van der Waals surface area contributed by atoms with E-state index in [4.69, 9.17) is 5.11 Å². The summed E-state index contributed by atoms with van der Waals surface area (Å²) >= 11 is 0. The second kappa shape index (κ2) is 8.04. The van der Waals surface area contributed by atoms with Crippen LogP contribution in [-0.4, -0.2) is 29.2 Å². The van der Waals surface area contributed by atoms with Crippen LogP contribution in [0.3, 0.4) is 0 Å². The molecule has 1 aromatic rings. The van der Waals surface area contributed by atoms with Crippen molar-refractivity contribution in [2.75, 3.05) is 13.2 Å². The summed E-state index contributed by atoms with van der Waals surface area (Å²) in [5, 5.41) is 8.71. The van der Waals surface area contributed by atoms with E-state index in [-0.39, 0.29) is 12.4 Å². The van der Waals surface area contributed by atoms with E-state index >= 15 is 0 Å². The normalized spacial score (nSPS) is 11.1. The van der Waals surface area contributed by atoms with Crippen LogP contribution in [-0.2, 0) is 6.54 Å². The number of rotatable bonds is 5. The SMILES string of the molecule is CC(C)CN(Cc1cc(F)cc(C#CCO)c1)C(C)C. The zero-order valence-corrected chi connectivity index (χ0v) is 12.8. The van der Waals surface area contributed by atoms with Crippen molar-refractivity contribution in [3.05, 3.63) is 35.1 Å². The predicted molar refractivity (Wildman–Crippen MR) is 80.7 cm³/mol. The molecule has 0 atom stereocenters. The molecule has 0 heterocycles. The van der Waals surface area contributed by atoms with Gasteiger partial charge in [-0.3, -0.25) is 4.90 Å². The molecule has 0 amide bonds. The molecule has 0 aliphatic rings. The van der Waals surface area contributed by atoms with E-state index < -0.39 is 0 Å². The van der Waals surface area contributed by atoms with Gasteiger partial charge in [-0.15, -0.1) is 0 Å². The fourth-order valence-electron chi connectivity index (χ4n) is 2.12. The van der Waals surface area contributed by atoms with Gasteiger partial charge in [-0.05, 0) is 43.5 Å². The Kier molecular flexibility index (Phi) is 6.70. The molecule has 0 unspecified atom stereocenters. The third-order valence-electron chi connectivity index (χ3n) is 2.98. The van der Waals surface area contributed by atoms with Crippen molar-refractivity contribution in [3.63, 3.8) is 0 Å². The third-order valence-corrected chi connectivity index (χ3v) is 2.98. The first-order chi connectivity index (χ1) is 9.42. The summed E-state index contributed by atoms with van der Waals surface area (Å²) in [6, 6.07) is 5.25. The van der Waals surface area contributed by atoms with Crippen LogP contribution >= 0.6 is 0 Å². The minimum atomic E-state index is -0.280. The molecule has 2 nitrogen and oxygen atoms in total. The molecular weight excluding hydrogens is 253 g/mol. The van der Waals surface area contributed by atoms with Crippen molar-refractivity contribution in [1.82, 2.24) is 4.90 Å². The number of nitrogens with zero attached hydrogens (tertiary/aromatic N) is 1. The van der Waals surface area contributed by atoms with Crippen molar-refractivity contribution in [1.29, 1.82) is 0 Å². The van der Waals surface area contributed by atoms with E-state index in [0.717, 1.165) is 12.1 Å². The monoisotopic (exact) mass is 277 g/mol. The number of benzene rings is 1. The highest BCUT2D eigenvalue weighted by Crippen LogP contribution is 2.14. The quantitative estimate of drug-likeness (QED) is 0.836. The Balaban J connectivity index is 2.91. The van der Waals surface area contributed by atoms with Gasteiger partial charge in [0, 0.05) is 24.7 Å². The van der Waals surface area contributed by atoms with Gasteiger partial charge >= 0.3 is 0 Å². The molecule has 0 saturated heterocycles. The highest BCUT2D eigenvalue weighted by Gasteiger charge is 2.12. The van der Waals surface area contributed by atoms with Crippen LogP contribution in [0.15, 0.2) is 18.2 Å². The maximum absolute atomic E-state index is 13.6. The van der Waals surface area contributed by atoms with Crippen molar-refractivity contribution in [3.8, 4) is 11.8 Å². The molecule has 3 heteroatoms. The summed E-state index contributed by atoms with van der Waals surface area (Å²) in [5.74, 6) is 5.60. The van der Waals surface area contributed by atoms with Gasteiger partial charge in [-0.25, -0.2) is 4.39 Å². The van der Waals surface area contributed by atoms with E-state index in [2.05, 4.69) is 44.4 Å². The fraction of sp³-hybridized carbons (Fsp3) is 0.529. The van der Waals surface area contributed by atoms with Gasteiger partial charge < -0.3 is 5.11 Å². The molecule has 1 N–H and O–H groups in total. The van der Waals surface area contributed by atoms with Crippen molar-refractivity contribution in [2.45, 2.75) is 40.3 Å². The molecule has 0 aromatic heterocycles. The second-order valence-electron chi connectivity index (χ2n) is 5.73. The summed E-state index contributed by atoms with van der Waals surface area (Å²) in [6.45, 7) is 10.1. The summed E-state index contributed by atoms with van der Waals surface area (Å²) in [5.41, 5.74) is 1.53. The van der Waals surface area contributed by atoms with E-state index in [0.29, 0.717) is 24.1 Å². The largest absolute Gasteiger partial charge is 0.384 e. The number of hydrogen-bond acceptors (Lipinski definition) is 2. The van der Waals surface area contributed by atoms with E-state index in [9.17, 15) is 4.39 Å². The van der Waals surface area contributed by atoms with Gasteiger partial charge in [0.2, 0.25) is 0 Å². The van der Waals surface area contributed by atoms with E-state index in [1.807, 2.05) is 6.07 Å². The van der Waals surface area contributed by atoms with Crippen molar-refractivity contribution in [2.24, 2.45) is 5.92 Å². The zero-order valence-electron chi connectivity index (χ0n) is 12.8. The average molecular weight is 277 g/mol. The number of halogens is 1. The molecule has 1 aromatic carbocycles. The molecule has 20 heavy (non-hydrogen) atoms. The van der Waals surface area contributed by atoms with Crippen LogP contribution in [0, 0.1) is 23.6 Å². The highest BCUT2D eigenvalue weighted by molar-refractivity contribution is 5.37. The van der Waals surface area contributed by atoms with Gasteiger partial charge in [-0.2, -0.15) is 0 Å². The lowest BCUT2D eigenvalue weighted by molar-refractivity contribution is 0.189. The Labute approximate surface area is 121 Å². The molecule has 0 bridgehead atoms. The molecule has 0 radical (unpaired) electrons. The van der Waals surface area contributed by atoms with Crippen LogP contribution in [0.2, 0.25) is 0 Å². The predicted octanol–water partition coefficient (Wildman–Crippen LogP) is 3.04. The molecule has 0 spiro atoms. The topological polar surface area (TPSA) is 23.5 Å². The van der Waals surface area contributed by atoms with Gasteiger partial charge in [0.25, 0.3) is 0 Å². The molecular formula is C17H24FNO. The minimum absolute atomic E-state index is 0.211. The molecule has 110 valence electrons. The fourth-order valence-corrected chi connectivity index (χ4v) is 2.12. The summed E-state index contributed by atoms with van der Waals surface area (Å²) < 4.78 is 13.6. The first-order valence-electron chi connectivity index (χ1n) is 7.05. The zero-order chi connectivity index (χ0) is 15.1. The Morgan fingerprint density at radius 1 is 1.20 bits per heavy atom. The van der Waals surface area contributed by atoms with Crippen LogP contribution in [0.5, 0.6) is 0 Å². The van der Waals surface area contributed by atoms with Crippen LogP contribution in [0.1, 0.15) is 38.8 Å². The molecule has 0 fully saturated rings. The van der Waals surface area contributed by atoms with Crippen LogP contribution in [0.4, 0.5) is 4.39 Å². The molecule has 0 aliphatic carbocycles. The van der Waals surface area contributed by atoms with Gasteiger partial charge in [-0.1, -0.05) is 25.7 Å². The van der Waals surface area contributed by atoms with Gasteiger partial charge in [0.05, 0.1) is 0 Å². The lowest BCUT2D eigenvalue weighted by Gasteiger charge is -2.28. The highest BCUT2D eigenvalue weighted by atomic mass is 19.1. The third kappa shape index (κ3) is 5.73. The number of aliphatic hydroxyl groups is 1. The first-order valence-corrected chi connectivity index (χ1v) is 7.05.